The van der Waals surface area contributed by atoms with Crippen molar-refractivity contribution in [2.75, 3.05) is 0 Å². The van der Waals surface area contributed by atoms with Gasteiger partial charge in [0, 0.05) is 5.39 Å². The first kappa shape index (κ1) is 11.3. The van der Waals surface area contributed by atoms with E-state index in [1.807, 2.05) is 0 Å². The van der Waals surface area contributed by atoms with E-state index in [4.69, 9.17) is 4.42 Å². The summed E-state index contributed by atoms with van der Waals surface area (Å²) in [5.41, 5.74) is 0.610. The first-order chi connectivity index (χ1) is 8.58. The molecule has 0 aliphatic rings. The summed E-state index contributed by atoms with van der Waals surface area (Å²) < 4.78 is 31.2. The Kier molecular flexibility index (Phi) is 2.44. The largest absolute Gasteiger partial charge is 0.491 e. The molecule has 2 heterocycles. The molecule has 0 radical (unpaired) electrons. The molecule has 0 fully saturated rings. The Labute approximate surface area is 107 Å². The number of nitrogens with zero attached hydrogens (tertiary/aromatic N) is 2. The van der Waals surface area contributed by atoms with Gasteiger partial charge in [-0.1, -0.05) is 6.07 Å². The number of hydrogen-bond donors (Lipinski definition) is 1. The van der Waals surface area contributed by atoms with Crippen LogP contribution in [0.3, 0.4) is 0 Å². The molecular weight excluding hydrogens is 310 g/mol. The summed E-state index contributed by atoms with van der Waals surface area (Å²) in [6, 6.07) is 5.14. The number of furan rings is 1. The molecule has 0 saturated heterocycles. The summed E-state index contributed by atoms with van der Waals surface area (Å²) in [4.78, 5) is 7.04. The van der Waals surface area contributed by atoms with Crippen LogP contribution in [0.5, 0.6) is 5.88 Å². The van der Waals surface area contributed by atoms with Gasteiger partial charge in [0.1, 0.15) is 5.52 Å². The Bertz CT molecular complexity index is 757. The van der Waals surface area contributed by atoms with Crippen molar-refractivity contribution in [1.82, 2.24) is 9.97 Å². The van der Waals surface area contributed by atoms with E-state index in [0.29, 0.717) is 15.4 Å². The fraction of sp³-hybridized carbons (Fsp3) is 0.0909. The van der Waals surface area contributed by atoms with E-state index in [2.05, 4.69) is 25.9 Å². The molecule has 4 nitrogen and oxygen atoms in total. The molecule has 92 valence electrons. The lowest BCUT2D eigenvalue weighted by atomic mass is 10.2. The van der Waals surface area contributed by atoms with Gasteiger partial charge in [-0.2, -0.15) is 4.98 Å². The zero-order valence-corrected chi connectivity index (χ0v) is 10.3. The maximum absolute atomic E-state index is 12.6. The van der Waals surface area contributed by atoms with Gasteiger partial charge >= 0.3 is 0 Å². The Morgan fingerprint density at radius 1 is 1.22 bits per heavy atom. The number of halogens is 3. The number of fused-ring (bicyclic) bond motifs is 3. The monoisotopic (exact) mass is 314 g/mol. The molecule has 7 heteroatoms. The van der Waals surface area contributed by atoms with Crippen molar-refractivity contribution >= 4 is 38.0 Å². The second kappa shape index (κ2) is 3.88. The van der Waals surface area contributed by atoms with Crippen molar-refractivity contribution in [2.24, 2.45) is 0 Å². The summed E-state index contributed by atoms with van der Waals surface area (Å²) in [7, 11) is 0. The molecule has 0 amide bonds. The van der Waals surface area contributed by atoms with Gasteiger partial charge in [0.15, 0.2) is 11.4 Å². The minimum atomic E-state index is -2.85. The molecule has 1 N–H and O–H groups in total. The minimum Gasteiger partial charge on any atom is -0.491 e. The highest BCUT2D eigenvalue weighted by atomic mass is 79.9. The second-order valence-corrected chi connectivity index (χ2v) is 4.46. The predicted molar refractivity (Wildman–Crippen MR) is 63.6 cm³/mol. The Morgan fingerprint density at radius 2 is 2.00 bits per heavy atom. The summed E-state index contributed by atoms with van der Waals surface area (Å²) in [5.74, 6) is -1.30. The van der Waals surface area contributed by atoms with Gasteiger partial charge in [-0.25, -0.2) is 13.8 Å². The van der Waals surface area contributed by atoms with Crippen LogP contribution in [0.4, 0.5) is 8.78 Å². The van der Waals surface area contributed by atoms with Gasteiger partial charge in [-0.15, -0.1) is 0 Å². The van der Waals surface area contributed by atoms with E-state index in [-0.39, 0.29) is 11.1 Å². The van der Waals surface area contributed by atoms with Crippen LogP contribution in [0.25, 0.3) is 22.1 Å². The summed E-state index contributed by atoms with van der Waals surface area (Å²) in [6.07, 6.45) is -2.85. The lowest BCUT2D eigenvalue weighted by Crippen LogP contribution is -1.94. The topological polar surface area (TPSA) is 59.2 Å². The predicted octanol–water partition coefficient (Wildman–Crippen LogP) is 3.78. The second-order valence-electron chi connectivity index (χ2n) is 3.60. The average molecular weight is 315 g/mol. The van der Waals surface area contributed by atoms with Crippen LogP contribution in [0.2, 0.25) is 0 Å². The molecule has 0 bridgehead atoms. The van der Waals surface area contributed by atoms with Gasteiger partial charge < -0.3 is 9.52 Å². The molecule has 0 spiro atoms. The molecule has 3 rings (SSSR count). The summed E-state index contributed by atoms with van der Waals surface area (Å²) in [5, 5.41) is 10.1. The van der Waals surface area contributed by atoms with Gasteiger partial charge in [0.05, 0.1) is 4.47 Å². The summed E-state index contributed by atoms with van der Waals surface area (Å²) in [6.45, 7) is 0. The van der Waals surface area contributed by atoms with Crippen LogP contribution in [0, 0.1) is 0 Å². The quantitative estimate of drug-likeness (QED) is 0.742. The SMILES string of the molecule is Oc1nc(C(F)F)nc2c1oc1c(Br)cccc12. The van der Waals surface area contributed by atoms with Crippen LogP contribution in [0.15, 0.2) is 27.1 Å². The number of alkyl halides is 2. The number of aromatic nitrogens is 2. The number of para-hydroxylation sites is 1. The first-order valence-corrected chi connectivity index (χ1v) is 5.73. The smallest absolute Gasteiger partial charge is 0.297 e. The molecular formula is C11H5BrF2N2O2. The zero-order valence-electron chi connectivity index (χ0n) is 8.69. The Morgan fingerprint density at radius 3 is 2.72 bits per heavy atom. The fourth-order valence-corrected chi connectivity index (χ4v) is 2.18. The maximum atomic E-state index is 12.6. The molecule has 0 aliphatic heterocycles. The van der Waals surface area contributed by atoms with E-state index >= 15 is 0 Å². The van der Waals surface area contributed by atoms with Crippen LogP contribution in [0.1, 0.15) is 12.2 Å². The third kappa shape index (κ3) is 1.54. The highest BCUT2D eigenvalue weighted by Crippen LogP contribution is 2.36. The fourth-order valence-electron chi connectivity index (χ4n) is 1.73. The van der Waals surface area contributed by atoms with Crippen molar-refractivity contribution in [2.45, 2.75) is 6.43 Å². The van der Waals surface area contributed by atoms with Crippen LogP contribution >= 0.6 is 15.9 Å². The third-order valence-electron chi connectivity index (χ3n) is 2.49. The Balaban J connectivity index is 2.48. The lowest BCUT2D eigenvalue weighted by Gasteiger charge is -1.98. The van der Waals surface area contributed by atoms with Crippen molar-refractivity contribution in [3.05, 3.63) is 28.5 Å². The molecule has 1 aromatic carbocycles. The van der Waals surface area contributed by atoms with Crippen molar-refractivity contribution in [3.63, 3.8) is 0 Å². The highest BCUT2D eigenvalue weighted by molar-refractivity contribution is 9.10. The number of rotatable bonds is 1. The van der Waals surface area contributed by atoms with Gasteiger partial charge in [0.25, 0.3) is 12.3 Å². The van der Waals surface area contributed by atoms with E-state index in [9.17, 15) is 13.9 Å². The molecule has 2 aromatic heterocycles. The number of aromatic hydroxyl groups is 1. The number of hydrogen-bond acceptors (Lipinski definition) is 4. The third-order valence-corrected chi connectivity index (χ3v) is 3.11. The first-order valence-electron chi connectivity index (χ1n) is 4.93. The van der Waals surface area contributed by atoms with E-state index in [1.165, 1.54) is 0 Å². The van der Waals surface area contributed by atoms with E-state index in [1.54, 1.807) is 18.2 Å². The van der Waals surface area contributed by atoms with Gasteiger partial charge in [-0.05, 0) is 28.1 Å². The highest BCUT2D eigenvalue weighted by Gasteiger charge is 2.20. The minimum absolute atomic E-state index is 0.00120. The van der Waals surface area contributed by atoms with E-state index < -0.39 is 18.1 Å². The Hall–Kier alpha value is -1.76. The lowest BCUT2D eigenvalue weighted by molar-refractivity contribution is 0.139. The van der Waals surface area contributed by atoms with Crippen LogP contribution in [-0.4, -0.2) is 15.1 Å². The molecule has 0 atom stereocenters. The summed E-state index contributed by atoms with van der Waals surface area (Å²) >= 11 is 3.28. The van der Waals surface area contributed by atoms with Crippen molar-refractivity contribution in [1.29, 1.82) is 0 Å². The maximum Gasteiger partial charge on any atom is 0.297 e. The average Bonchev–Trinajstić information content (AvgIpc) is 2.70. The van der Waals surface area contributed by atoms with Crippen LogP contribution in [-0.2, 0) is 0 Å². The zero-order chi connectivity index (χ0) is 12.9. The molecule has 0 aliphatic carbocycles. The van der Waals surface area contributed by atoms with E-state index in [0.717, 1.165) is 0 Å². The normalized spacial score (nSPS) is 11.8. The van der Waals surface area contributed by atoms with Crippen LogP contribution < -0.4 is 0 Å². The van der Waals surface area contributed by atoms with Gasteiger partial charge in [-0.3, -0.25) is 0 Å². The molecule has 3 aromatic rings. The molecule has 0 saturated carbocycles. The van der Waals surface area contributed by atoms with Crippen molar-refractivity contribution in [3.8, 4) is 5.88 Å². The number of benzene rings is 1. The van der Waals surface area contributed by atoms with Gasteiger partial charge in [0.2, 0.25) is 5.58 Å². The van der Waals surface area contributed by atoms with Crippen molar-refractivity contribution < 1.29 is 18.3 Å². The molecule has 0 unspecified atom stereocenters. The standard InChI is InChI=1S/C11H5BrF2N2O2/c12-5-3-1-2-4-6-8(18-7(4)5)11(17)16-10(15-6)9(13)14/h1-3,9H,(H,15,16,17). The molecule has 18 heavy (non-hydrogen) atoms.